The maximum absolute atomic E-state index is 12.6. The highest BCUT2D eigenvalue weighted by Crippen LogP contribution is 2.61. The molecule has 6 heteroatoms. The van der Waals surface area contributed by atoms with Gasteiger partial charge in [0.05, 0.1) is 16.7 Å². The zero-order valence-electron chi connectivity index (χ0n) is 24.3. The molecule has 0 spiro atoms. The van der Waals surface area contributed by atoms with Gasteiger partial charge < -0.3 is 14.2 Å². The molecule has 0 amide bonds. The highest BCUT2D eigenvalue weighted by Gasteiger charge is 2.59. The first-order chi connectivity index (χ1) is 17.3. The van der Waals surface area contributed by atoms with E-state index >= 15 is 0 Å². The van der Waals surface area contributed by atoms with Crippen molar-refractivity contribution in [3.8, 4) is 0 Å². The van der Waals surface area contributed by atoms with Gasteiger partial charge in [-0.1, -0.05) is 20.8 Å². The van der Waals surface area contributed by atoms with E-state index in [0.717, 1.165) is 43.9 Å². The zero-order valence-corrected chi connectivity index (χ0v) is 24.3. The van der Waals surface area contributed by atoms with Crippen LogP contribution in [0.4, 0.5) is 0 Å². The summed E-state index contributed by atoms with van der Waals surface area (Å²) in [4.78, 5) is 36.0. The van der Waals surface area contributed by atoms with E-state index in [-0.39, 0.29) is 47.0 Å². The summed E-state index contributed by atoms with van der Waals surface area (Å²) in [5.41, 5.74) is -0.923. The molecule has 1 aliphatic heterocycles. The Morgan fingerprint density at radius 1 is 0.838 bits per heavy atom. The summed E-state index contributed by atoms with van der Waals surface area (Å²) in [5.74, 6) is 2.89. The van der Waals surface area contributed by atoms with E-state index < -0.39 is 5.41 Å². The molecular formula is C31H50O6. The highest BCUT2D eigenvalue weighted by molar-refractivity contribution is 5.77. The topological polar surface area (TPSA) is 78.9 Å². The summed E-state index contributed by atoms with van der Waals surface area (Å²) in [7, 11) is 0. The fraction of sp³-hybridized carbons (Fsp3) is 0.903. The second-order valence-corrected chi connectivity index (χ2v) is 13.9. The van der Waals surface area contributed by atoms with Gasteiger partial charge in [0.25, 0.3) is 0 Å². The summed E-state index contributed by atoms with van der Waals surface area (Å²) in [5, 5.41) is 0. The number of esters is 3. The van der Waals surface area contributed by atoms with Crippen LogP contribution in [0.1, 0.15) is 119 Å². The van der Waals surface area contributed by atoms with Crippen LogP contribution in [0.5, 0.6) is 0 Å². The van der Waals surface area contributed by atoms with Crippen molar-refractivity contribution in [1.82, 2.24) is 0 Å². The zero-order chi connectivity index (χ0) is 27.2. The average Bonchev–Trinajstić information content (AvgIpc) is 3.17. The Kier molecular flexibility index (Phi) is 8.08. The minimum atomic E-state index is -0.459. The first-order valence-electron chi connectivity index (χ1n) is 15.0. The third kappa shape index (κ3) is 5.45. The maximum Gasteiger partial charge on any atom is 0.312 e. The number of carbonyl (C=O) groups is 3. The predicted octanol–water partition coefficient (Wildman–Crippen LogP) is 6.63. The Balaban J connectivity index is 0.000000176. The van der Waals surface area contributed by atoms with Crippen LogP contribution < -0.4 is 0 Å². The Morgan fingerprint density at radius 3 is 1.89 bits per heavy atom. The smallest absolute Gasteiger partial charge is 0.312 e. The lowest BCUT2D eigenvalue weighted by Gasteiger charge is -2.60. The van der Waals surface area contributed by atoms with Gasteiger partial charge in [0.2, 0.25) is 0 Å². The normalized spacial score (nSPS) is 37.9. The number of hydrogen-bond donors (Lipinski definition) is 0. The van der Waals surface area contributed by atoms with Gasteiger partial charge in [-0.3, -0.25) is 14.4 Å². The van der Waals surface area contributed by atoms with Crippen LogP contribution in [0.3, 0.4) is 0 Å². The molecule has 0 N–H and O–H groups in total. The molecule has 0 aromatic rings. The van der Waals surface area contributed by atoms with E-state index in [1.807, 2.05) is 34.6 Å². The van der Waals surface area contributed by atoms with Crippen molar-refractivity contribution in [2.24, 2.45) is 40.4 Å². The van der Waals surface area contributed by atoms with Crippen molar-refractivity contribution in [2.75, 3.05) is 0 Å². The van der Waals surface area contributed by atoms with Gasteiger partial charge in [-0.25, -0.2) is 0 Å². The van der Waals surface area contributed by atoms with Crippen LogP contribution >= 0.6 is 0 Å². The Labute approximate surface area is 223 Å². The third-order valence-electron chi connectivity index (χ3n) is 10.8. The average molecular weight is 519 g/mol. The van der Waals surface area contributed by atoms with Crippen molar-refractivity contribution in [3.63, 3.8) is 0 Å². The summed E-state index contributed by atoms with van der Waals surface area (Å²) in [6.07, 6.45) is 11.1. The molecule has 5 aliphatic carbocycles. The molecule has 5 saturated carbocycles. The van der Waals surface area contributed by atoms with E-state index in [1.165, 1.54) is 32.1 Å². The summed E-state index contributed by atoms with van der Waals surface area (Å²) in [6, 6.07) is 0. The van der Waals surface area contributed by atoms with Gasteiger partial charge in [-0.05, 0) is 116 Å². The lowest BCUT2D eigenvalue weighted by Crippen LogP contribution is -2.60. The fourth-order valence-electron chi connectivity index (χ4n) is 7.51. The van der Waals surface area contributed by atoms with E-state index in [0.29, 0.717) is 18.3 Å². The summed E-state index contributed by atoms with van der Waals surface area (Å²) >= 11 is 0. The fourth-order valence-corrected chi connectivity index (χ4v) is 7.51. The van der Waals surface area contributed by atoms with Gasteiger partial charge in [0, 0.05) is 6.42 Å². The molecule has 3 atom stereocenters. The van der Waals surface area contributed by atoms with Crippen molar-refractivity contribution < 1.29 is 28.6 Å². The molecule has 37 heavy (non-hydrogen) atoms. The number of carbonyl (C=O) groups excluding carboxylic acids is 3. The molecule has 0 aromatic heterocycles. The Hall–Kier alpha value is -1.59. The molecule has 6 rings (SSSR count). The lowest BCUT2D eigenvalue weighted by molar-refractivity contribution is -0.218. The van der Waals surface area contributed by atoms with Crippen LogP contribution in [0.25, 0.3) is 0 Å². The quantitative estimate of drug-likeness (QED) is 0.278. The van der Waals surface area contributed by atoms with Crippen LogP contribution in [0.15, 0.2) is 0 Å². The van der Waals surface area contributed by atoms with E-state index in [1.54, 1.807) is 0 Å². The number of ether oxygens (including phenoxy) is 3. The van der Waals surface area contributed by atoms with Gasteiger partial charge in [-0.2, -0.15) is 0 Å². The second kappa shape index (κ2) is 10.5. The van der Waals surface area contributed by atoms with E-state index in [2.05, 4.69) is 13.8 Å². The molecular weight excluding hydrogens is 468 g/mol. The highest BCUT2D eigenvalue weighted by atomic mass is 16.6. The Morgan fingerprint density at radius 2 is 1.38 bits per heavy atom. The molecule has 0 radical (unpaired) electrons. The van der Waals surface area contributed by atoms with Crippen molar-refractivity contribution in [3.05, 3.63) is 0 Å². The largest absolute Gasteiger partial charge is 0.458 e. The first kappa shape index (κ1) is 28.4. The van der Waals surface area contributed by atoms with Crippen LogP contribution in [0, 0.1) is 40.4 Å². The third-order valence-corrected chi connectivity index (χ3v) is 10.8. The molecule has 1 saturated heterocycles. The van der Waals surface area contributed by atoms with Crippen molar-refractivity contribution in [2.45, 2.75) is 137 Å². The molecule has 3 unspecified atom stereocenters. The second-order valence-electron chi connectivity index (χ2n) is 13.9. The molecule has 6 nitrogen and oxygen atoms in total. The number of rotatable bonds is 7. The van der Waals surface area contributed by atoms with Crippen molar-refractivity contribution >= 4 is 17.9 Å². The predicted molar refractivity (Wildman–Crippen MR) is 141 cm³/mol. The van der Waals surface area contributed by atoms with E-state index in [9.17, 15) is 14.4 Å². The number of hydrogen-bond acceptors (Lipinski definition) is 6. The molecule has 1 heterocycles. The molecule has 0 aromatic carbocycles. The van der Waals surface area contributed by atoms with Gasteiger partial charge in [0.1, 0.15) is 17.8 Å². The standard InChI is InChI=1S/C18H30O2.C13H20O4/c1-5-17(3,4)16(19)20-18(6-2)14-8-12-7-13(10-14)11-15(18)9-12;1-4-13(2,3)12(15)17-9-6-5-8-7-10(9)16-11(8)14/h12-15H,5-11H2,1-4H3;8-10H,4-7H2,1-3H3. The molecule has 210 valence electrons. The monoisotopic (exact) mass is 518 g/mol. The van der Waals surface area contributed by atoms with Gasteiger partial charge in [-0.15, -0.1) is 0 Å². The van der Waals surface area contributed by atoms with Crippen LogP contribution in [-0.4, -0.2) is 35.7 Å². The summed E-state index contributed by atoms with van der Waals surface area (Å²) in [6.45, 7) is 14.1. The molecule has 6 bridgehead atoms. The van der Waals surface area contributed by atoms with Gasteiger partial charge in [0.15, 0.2) is 0 Å². The number of fused-ring (bicyclic) bond motifs is 2. The molecule has 6 fully saturated rings. The minimum absolute atomic E-state index is 0.0362. The maximum atomic E-state index is 12.6. The summed E-state index contributed by atoms with van der Waals surface area (Å²) < 4.78 is 17.0. The van der Waals surface area contributed by atoms with Crippen LogP contribution in [0.2, 0.25) is 0 Å². The van der Waals surface area contributed by atoms with Gasteiger partial charge >= 0.3 is 17.9 Å². The first-order valence-corrected chi connectivity index (χ1v) is 15.0. The molecule has 6 aliphatic rings. The Bertz CT molecular complexity index is 845. The van der Waals surface area contributed by atoms with E-state index in [4.69, 9.17) is 14.2 Å². The minimum Gasteiger partial charge on any atom is -0.458 e. The van der Waals surface area contributed by atoms with Crippen molar-refractivity contribution in [1.29, 1.82) is 0 Å². The van der Waals surface area contributed by atoms with Crippen LogP contribution in [-0.2, 0) is 28.6 Å². The SMILES string of the molecule is CCC(C)(C)C(=O)OC1(CC)C2CC3CC(C2)CC1C3.CCC(C)(C)C(=O)OC1CCC2CC1OC2=O. The lowest BCUT2D eigenvalue weighted by atomic mass is 9.49.